The first-order valence-corrected chi connectivity index (χ1v) is 5.04. The van der Waals surface area contributed by atoms with E-state index in [0.717, 1.165) is 17.7 Å². The van der Waals surface area contributed by atoms with Crippen LogP contribution in [0.5, 0.6) is 0 Å². The molecule has 0 saturated carbocycles. The van der Waals surface area contributed by atoms with Gasteiger partial charge in [-0.3, -0.25) is 4.68 Å². The van der Waals surface area contributed by atoms with E-state index in [2.05, 4.69) is 5.10 Å². The molecule has 0 atom stereocenters. The van der Waals surface area contributed by atoms with Crippen molar-refractivity contribution in [1.82, 2.24) is 9.78 Å². The minimum Gasteiger partial charge on any atom is -0.396 e. The van der Waals surface area contributed by atoms with Crippen LogP contribution in [0.2, 0.25) is 5.15 Å². The third-order valence-corrected chi connectivity index (χ3v) is 2.83. The van der Waals surface area contributed by atoms with E-state index in [1.165, 1.54) is 0 Å². The highest BCUT2D eigenvalue weighted by molar-refractivity contribution is 6.30. The van der Waals surface area contributed by atoms with E-state index in [-0.39, 0.29) is 12.0 Å². The summed E-state index contributed by atoms with van der Waals surface area (Å²) in [7, 11) is 1.82. The van der Waals surface area contributed by atoms with E-state index in [0.29, 0.717) is 5.15 Å². The van der Waals surface area contributed by atoms with Crippen LogP contribution in [0.4, 0.5) is 0 Å². The first-order valence-electron chi connectivity index (χ1n) is 4.66. The van der Waals surface area contributed by atoms with Gasteiger partial charge in [0.25, 0.3) is 0 Å². The highest BCUT2D eigenvalue weighted by atomic mass is 35.5. The molecule has 14 heavy (non-hydrogen) atoms. The third kappa shape index (κ3) is 2.28. The van der Waals surface area contributed by atoms with E-state index in [9.17, 15) is 5.11 Å². The molecule has 1 rings (SSSR count). The topological polar surface area (TPSA) is 38.0 Å². The second-order valence-corrected chi connectivity index (χ2v) is 4.84. The highest BCUT2D eigenvalue weighted by Gasteiger charge is 2.22. The van der Waals surface area contributed by atoms with Crippen molar-refractivity contribution in [2.24, 2.45) is 12.5 Å². The van der Waals surface area contributed by atoms with Crippen LogP contribution in [0.25, 0.3) is 0 Å². The second kappa shape index (κ2) is 3.91. The van der Waals surface area contributed by atoms with Gasteiger partial charge in [-0.25, -0.2) is 0 Å². The Balaban J connectivity index is 2.97. The third-order valence-electron chi connectivity index (χ3n) is 2.35. The van der Waals surface area contributed by atoms with Gasteiger partial charge >= 0.3 is 0 Å². The van der Waals surface area contributed by atoms with Crippen molar-refractivity contribution in [1.29, 1.82) is 0 Å². The number of nitrogens with zero attached hydrogens (tertiary/aromatic N) is 2. The molecule has 3 nitrogen and oxygen atoms in total. The fourth-order valence-corrected chi connectivity index (χ4v) is 1.65. The van der Waals surface area contributed by atoms with E-state index in [1.807, 2.05) is 27.8 Å². The number of aliphatic hydroxyl groups is 1. The van der Waals surface area contributed by atoms with Crippen molar-refractivity contribution in [2.75, 3.05) is 6.61 Å². The summed E-state index contributed by atoms with van der Waals surface area (Å²) in [4.78, 5) is 0. The molecular weight excluding hydrogens is 200 g/mol. The van der Waals surface area contributed by atoms with Crippen LogP contribution in [0.15, 0.2) is 0 Å². The average molecular weight is 217 g/mol. The monoisotopic (exact) mass is 216 g/mol. The number of hydrogen-bond acceptors (Lipinski definition) is 2. The maximum absolute atomic E-state index is 9.17. The van der Waals surface area contributed by atoms with Crippen LogP contribution in [-0.2, 0) is 13.5 Å². The number of rotatable bonds is 3. The minimum absolute atomic E-state index is 0.141. The molecule has 0 aliphatic heterocycles. The van der Waals surface area contributed by atoms with Crippen LogP contribution in [-0.4, -0.2) is 21.5 Å². The largest absolute Gasteiger partial charge is 0.396 e. The molecule has 80 valence electrons. The first kappa shape index (κ1) is 11.5. The van der Waals surface area contributed by atoms with Crippen molar-refractivity contribution in [2.45, 2.75) is 27.2 Å². The zero-order chi connectivity index (χ0) is 10.9. The zero-order valence-corrected chi connectivity index (χ0v) is 9.89. The quantitative estimate of drug-likeness (QED) is 0.839. The van der Waals surface area contributed by atoms with Crippen LogP contribution >= 0.6 is 11.6 Å². The SMILES string of the molecule is Cc1nn(C)c(Cl)c1CC(C)(C)CO. The lowest BCUT2D eigenvalue weighted by Gasteiger charge is -2.21. The molecule has 0 aliphatic rings. The Morgan fingerprint density at radius 2 is 2.07 bits per heavy atom. The minimum atomic E-state index is -0.141. The Morgan fingerprint density at radius 1 is 1.50 bits per heavy atom. The maximum atomic E-state index is 9.17. The fourth-order valence-electron chi connectivity index (χ4n) is 1.41. The van der Waals surface area contributed by atoms with E-state index in [1.54, 1.807) is 4.68 Å². The molecule has 0 amide bonds. The molecule has 1 heterocycles. The molecule has 0 aromatic carbocycles. The predicted molar refractivity (Wildman–Crippen MR) is 57.5 cm³/mol. The Labute approximate surface area is 89.7 Å². The van der Waals surface area contributed by atoms with Gasteiger partial charge in [0.05, 0.1) is 5.69 Å². The molecule has 1 aromatic heterocycles. The van der Waals surface area contributed by atoms with Crippen LogP contribution in [0.3, 0.4) is 0 Å². The molecule has 0 aliphatic carbocycles. The van der Waals surface area contributed by atoms with Gasteiger partial charge in [0, 0.05) is 19.2 Å². The molecule has 0 bridgehead atoms. The number of hydrogen-bond donors (Lipinski definition) is 1. The molecule has 1 N–H and O–H groups in total. The van der Waals surface area contributed by atoms with Crippen molar-refractivity contribution in [3.8, 4) is 0 Å². The lowest BCUT2D eigenvalue weighted by atomic mass is 9.87. The molecule has 1 aromatic rings. The van der Waals surface area contributed by atoms with Crippen LogP contribution < -0.4 is 0 Å². The van der Waals surface area contributed by atoms with Gasteiger partial charge in [0.15, 0.2) is 0 Å². The summed E-state index contributed by atoms with van der Waals surface area (Å²) in [6.45, 7) is 6.11. The number of aliphatic hydroxyl groups excluding tert-OH is 1. The molecular formula is C10H17ClN2O. The summed E-state index contributed by atoms with van der Waals surface area (Å²) < 4.78 is 1.67. The Morgan fingerprint density at radius 3 is 2.43 bits per heavy atom. The van der Waals surface area contributed by atoms with Gasteiger partial charge in [-0.1, -0.05) is 25.4 Å². The summed E-state index contributed by atoms with van der Waals surface area (Å²) in [5, 5.41) is 14.1. The summed E-state index contributed by atoms with van der Waals surface area (Å²) in [6, 6.07) is 0. The Hall–Kier alpha value is -0.540. The molecule has 0 radical (unpaired) electrons. The van der Waals surface area contributed by atoms with Crippen molar-refractivity contribution in [3.05, 3.63) is 16.4 Å². The molecule has 0 fully saturated rings. The Bertz CT molecular complexity index is 331. The van der Waals surface area contributed by atoms with Gasteiger partial charge in [0.2, 0.25) is 0 Å². The second-order valence-electron chi connectivity index (χ2n) is 4.48. The van der Waals surface area contributed by atoms with Crippen molar-refractivity contribution in [3.63, 3.8) is 0 Å². The predicted octanol–water partition coefficient (Wildman–Crippen LogP) is 1.94. The normalized spacial score (nSPS) is 12.1. The van der Waals surface area contributed by atoms with Gasteiger partial charge in [-0.05, 0) is 18.8 Å². The van der Waals surface area contributed by atoms with Gasteiger partial charge in [-0.15, -0.1) is 0 Å². The van der Waals surface area contributed by atoms with E-state index >= 15 is 0 Å². The van der Waals surface area contributed by atoms with Gasteiger partial charge < -0.3 is 5.11 Å². The summed E-state index contributed by atoms with van der Waals surface area (Å²) in [6.07, 6.45) is 0.752. The van der Waals surface area contributed by atoms with Gasteiger partial charge in [0.1, 0.15) is 5.15 Å². The van der Waals surface area contributed by atoms with Crippen LogP contribution in [0, 0.1) is 12.3 Å². The summed E-state index contributed by atoms with van der Waals surface area (Å²) >= 11 is 6.10. The van der Waals surface area contributed by atoms with Crippen molar-refractivity contribution < 1.29 is 5.11 Å². The van der Waals surface area contributed by atoms with Crippen molar-refractivity contribution >= 4 is 11.6 Å². The Kier molecular flexibility index (Phi) is 3.22. The standard InChI is InChI=1S/C10H17ClN2O/c1-7-8(5-10(2,3)6-14)9(11)13(4)12-7/h14H,5-6H2,1-4H3. The highest BCUT2D eigenvalue weighted by Crippen LogP contribution is 2.27. The average Bonchev–Trinajstić information content (AvgIpc) is 2.32. The molecule has 0 unspecified atom stereocenters. The molecule has 0 spiro atoms. The first-order chi connectivity index (χ1) is 6.37. The smallest absolute Gasteiger partial charge is 0.130 e. The molecule has 0 saturated heterocycles. The van der Waals surface area contributed by atoms with Gasteiger partial charge in [-0.2, -0.15) is 5.10 Å². The summed E-state index contributed by atoms with van der Waals surface area (Å²) in [5.74, 6) is 0. The van der Waals surface area contributed by atoms with E-state index < -0.39 is 0 Å². The lowest BCUT2D eigenvalue weighted by Crippen LogP contribution is -2.20. The number of aromatic nitrogens is 2. The fraction of sp³-hybridized carbons (Fsp3) is 0.700. The number of aryl methyl sites for hydroxylation is 2. The lowest BCUT2D eigenvalue weighted by molar-refractivity contribution is 0.159. The number of halogens is 1. The zero-order valence-electron chi connectivity index (χ0n) is 9.13. The maximum Gasteiger partial charge on any atom is 0.130 e. The van der Waals surface area contributed by atoms with Crippen LogP contribution in [0.1, 0.15) is 25.1 Å². The summed E-state index contributed by atoms with van der Waals surface area (Å²) in [5.41, 5.74) is 1.84. The molecule has 4 heteroatoms. The van der Waals surface area contributed by atoms with E-state index in [4.69, 9.17) is 11.6 Å².